The number of aromatic amines is 1. The monoisotopic (exact) mass is 231 g/mol. The molecule has 0 saturated carbocycles. The number of H-pyrrole nitrogens is 1. The van der Waals surface area contributed by atoms with E-state index in [1.807, 2.05) is 18.5 Å². The Hall–Kier alpha value is -1.39. The van der Waals surface area contributed by atoms with Gasteiger partial charge in [-0.1, -0.05) is 0 Å². The van der Waals surface area contributed by atoms with Crippen LogP contribution in [0, 0.1) is 5.92 Å². The maximum Gasteiger partial charge on any atom is 0.0673 e. The number of β-amino-alcohol motifs (C(OH)–C–C–N with tert-alkyl or cyclic N) is 1. The minimum absolute atomic E-state index is 0.261. The Kier molecular flexibility index (Phi) is 2.82. The normalized spacial score (nSPS) is 17.5. The molecule has 2 aromatic rings. The van der Waals surface area contributed by atoms with Crippen LogP contribution in [0.3, 0.4) is 0 Å². The number of nitrogens with zero attached hydrogens (tertiary/aromatic N) is 2. The van der Waals surface area contributed by atoms with Crippen molar-refractivity contribution in [1.29, 1.82) is 0 Å². The molecule has 0 aliphatic carbocycles. The summed E-state index contributed by atoms with van der Waals surface area (Å²) in [5.74, 6) is 0.683. The zero-order chi connectivity index (χ0) is 11.7. The first-order chi connectivity index (χ1) is 8.36. The highest BCUT2D eigenvalue weighted by molar-refractivity contribution is 5.80. The van der Waals surface area contributed by atoms with Crippen LogP contribution >= 0.6 is 0 Å². The standard InChI is InChI=1S/C13H17N3O/c17-6-5-16-8-10(9-16)7-12-13-11(1-3-14-12)2-4-15-13/h1-4,10,15,17H,5-9H2. The number of nitrogens with one attached hydrogen (secondary N) is 1. The molecule has 0 spiro atoms. The Morgan fingerprint density at radius 1 is 1.41 bits per heavy atom. The minimum Gasteiger partial charge on any atom is -0.395 e. The molecular formula is C13H17N3O. The second kappa shape index (κ2) is 4.47. The second-order valence-electron chi connectivity index (χ2n) is 4.75. The van der Waals surface area contributed by atoms with E-state index in [9.17, 15) is 0 Å². The van der Waals surface area contributed by atoms with Crippen LogP contribution < -0.4 is 0 Å². The first kappa shape index (κ1) is 10.7. The summed E-state index contributed by atoms with van der Waals surface area (Å²) in [5, 5.41) is 10.1. The molecular weight excluding hydrogens is 214 g/mol. The Labute approximate surface area is 100 Å². The van der Waals surface area contributed by atoms with E-state index in [4.69, 9.17) is 5.11 Å². The number of aliphatic hydroxyl groups is 1. The molecule has 17 heavy (non-hydrogen) atoms. The molecule has 0 atom stereocenters. The van der Waals surface area contributed by atoms with E-state index in [0.29, 0.717) is 5.92 Å². The number of aliphatic hydroxyl groups excluding tert-OH is 1. The highest BCUT2D eigenvalue weighted by Gasteiger charge is 2.26. The van der Waals surface area contributed by atoms with Gasteiger partial charge in [0.25, 0.3) is 0 Å². The van der Waals surface area contributed by atoms with E-state index < -0.39 is 0 Å². The average Bonchev–Trinajstić information content (AvgIpc) is 2.75. The van der Waals surface area contributed by atoms with Crippen molar-refractivity contribution in [2.75, 3.05) is 26.2 Å². The van der Waals surface area contributed by atoms with Crippen LogP contribution in [0.4, 0.5) is 0 Å². The second-order valence-corrected chi connectivity index (χ2v) is 4.75. The quantitative estimate of drug-likeness (QED) is 0.826. The van der Waals surface area contributed by atoms with Crippen molar-refractivity contribution in [2.24, 2.45) is 5.92 Å². The van der Waals surface area contributed by atoms with E-state index in [2.05, 4.69) is 20.9 Å². The van der Waals surface area contributed by atoms with Gasteiger partial charge >= 0.3 is 0 Å². The molecule has 1 saturated heterocycles. The SMILES string of the molecule is OCCN1CC(Cc2nccc3cc[nH]c23)C1. The molecule has 4 nitrogen and oxygen atoms in total. The zero-order valence-corrected chi connectivity index (χ0v) is 9.76. The molecule has 2 aromatic heterocycles. The van der Waals surface area contributed by atoms with Gasteiger partial charge < -0.3 is 15.0 Å². The lowest BCUT2D eigenvalue weighted by Gasteiger charge is -2.38. The highest BCUT2D eigenvalue weighted by Crippen LogP contribution is 2.22. The number of fused-ring (bicyclic) bond motifs is 1. The molecule has 0 amide bonds. The molecule has 1 aliphatic rings. The first-order valence-corrected chi connectivity index (χ1v) is 6.11. The first-order valence-electron chi connectivity index (χ1n) is 6.11. The molecule has 4 heteroatoms. The van der Waals surface area contributed by atoms with Gasteiger partial charge in [0.2, 0.25) is 0 Å². The largest absolute Gasteiger partial charge is 0.395 e. The fourth-order valence-electron chi connectivity index (χ4n) is 2.60. The van der Waals surface area contributed by atoms with E-state index in [0.717, 1.165) is 26.1 Å². The molecule has 1 aliphatic heterocycles. The lowest BCUT2D eigenvalue weighted by molar-refractivity contribution is 0.0780. The predicted octanol–water partition coefficient (Wildman–Crippen LogP) is 1.03. The summed E-state index contributed by atoms with van der Waals surface area (Å²) < 4.78 is 0. The minimum atomic E-state index is 0.261. The molecule has 2 N–H and O–H groups in total. The van der Waals surface area contributed by atoms with E-state index >= 15 is 0 Å². The summed E-state index contributed by atoms with van der Waals surface area (Å²) in [4.78, 5) is 10.0. The van der Waals surface area contributed by atoms with E-state index in [1.165, 1.54) is 16.6 Å². The number of likely N-dealkylation sites (tertiary alicyclic amines) is 1. The topological polar surface area (TPSA) is 52.1 Å². The summed E-state index contributed by atoms with van der Waals surface area (Å²) in [6.45, 7) is 3.23. The molecule has 3 rings (SSSR count). The summed E-state index contributed by atoms with van der Waals surface area (Å²) in [6.07, 6.45) is 4.88. The maximum atomic E-state index is 8.83. The fraction of sp³-hybridized carbons (Fsp3) is 0.462. The van der Waals surface area contributed by atoms with Gasteiger partial charge in [0, 0.05) is 37.4 Å². The Bertz CT molecular complexity index is 502. The van der Waals surface area contributed by atoms with Crippen molar-refractivity contribution in [3.05, 3.63) is 30.2 Å². The summed E-state index contributed by atoms with van der Waals surface area (Å²) in [7, 11) is 0. The van der Waals surface area contributed by atoms with Crippen molar-refractivity contribution < 1.29 is 5.11 Å². The van der Waals surface area contributed by atoms with Crippen LogP contribution in [-0.4, -0.2) is 46.2 Å². The zero-order valence-electron chi connectivity index (χ0n) is 9.76. The Morgan fingerprint density at radius 3 is 3.12 bits per heavy atom. The number of rotatable bonds is 4. The van der Waals surface area contributed by atoms with Crippen molar-refractivity contribution in [3.63, 3.8) is 0 Å². The van der Waals surface area contributed by atoms with Gasteiger partial charge in [-0.05, 0) is 24.5 Å². The highest BCUT2D eigenvalue weighted by atomic mass is 16.3. The lowest BCUT2D eigenvalue weighted by atomic mass is 9.94. The number of pyridine rings is 1. The van der Waals surface area contributed by atoms with Gasteiger partial charge in [0.1, 0.15) is 0 Å². The number of hydrogen-bond acceptors (Lipinski definition) is 3. The van der Waals surface area contributed by atoms with Crippen molar-refractivity contribution >= 4 is 10.9 Å². The molecule has 1 fully saturated rings. The lowest BCUT2D eigenvalue weighted by Crippen LogP contribution is -2.48. The van der Waals surface area contributed by atoms with Crippen LogP contribution in [0.2, 0.25) is 0 Å². The Morgan fingerprint density at radius 2 is 2.29 bits per heavy atom. The van der Waals surface area contributed by atoms with Crippen LogP contribution in [0.1, 0.15) is 5.69 Å². The van der Waals surface area contributed by atoms with Gasteiger partial charge in [0.05, 0.1) is 17.8 Å². The maximum absolute atomic E-state index is 8.83. The third kappa shape index (κ3) is 2.06. The molecule has 0 aromatic carbocycles. The van der Waals surface area contributed by atoms with E-state index in [1.54, 1.807) is 0 Å². The fourth-order valence-corrected chi connectivity index (χ4v) is 2.60. The third-order valence-corrected chi connectivity index (χ3v) is 3.48. The molecule has 90 valence electrons. The Balaban J connectivity index is 1.68. The third-order valence-electron chi connectivity index (χ3n) is 3.48. The molecule has 0 radical (unpaired) electrons. The van der Waals surface area contributed by atoms with Crippen LogP contribution in [-0.2, 0) is 6.42 Å². The van der Waals surface area contributed by atoms with Gasteiger partial charge in [-0.2, -0.15) is 0 Å². The summed E-state index contributed by atoms with van der Waals surface area (Å²) in [6, 6.07) is 4.12. The van der Waals surface area contributed by atoms with Crippen molar-refractivity contribution in [2.45, 2.75) is 6.42 Å². The number of aromatic nitrogens is 2. The smallest absolute Gasteiger partial charge is 0.0673 e. The summed E-state index contributed by atoms with van der Waals surface area (Å²) >= 11 is 0. The van der Waals surface area contributed by atoms with Crippen LogP contribution in [0.5, 0.6) is 0 Å². The molecule has 3 heterocycles. The number of hydrogen-bond donors (Lipinski definition) is 2. The van der Waals surface area contributed by atoms with Gasteiger partial charge in [0.15, 0.2) is 0 Å². The predicted molar refractivity (Wildman–Crippen MR) is 66.8 cm³/mol. The van der Waals surface area contributed by atoms with Gasteiger partial charge in [-0.25, -0.2) is 0 Å². The van der Waals surface area contributed by atoms with Gasteiger partial charge in [-0.3, -0.25) is 4.98 Å². The molecule has 0 bridgehead atoms. The van der Waals surface area contributed by atoms with E-state index in [-0.39, 0.29) is 6.61 Å². The van der Waals surface area contributed by atoms with Crippen LogP contribution in [0.25, 0.3) is 10.9 Å². The summed E-state index contributed by atoms with van der Waals surface area (Å²) in [5.41, 5.74) is 2.34. The molecule has 0 unspecified atom stereocenters. The van der Waals surface area contributed by atoms with Gasteiger partial charge in [-0.15, -0.1) is 0 Å². The van der Waals surface area contributed by atoms with Crippen molar-refractivity contribution in [1.82, 2.24) is 14.9 Å². The van der Waals surface area contributed by atoms with Crippen LogP contribution in [0.15, 0.2) is 24.5 Å². The van der Waals surface area contributed by atoms with Crippen molar-refractivity contribution in [3.8, 4) is 0 Å². The average molecular weight is 231 g/mol.